The maximum Gasteiger partial charge on any atom is 0.338 e. The second-order valence-electron chi connectivity index (χ2n) is 9.93. The number of hydrogen-bond acceptors (Lipinski definition) is 5. The number of terminal acetylenes is 1. The van der Waals surface area contributed by atoms with Crippen molar-refractivity contribution in [2.45, 2.75) is 128 Å². The zero-order valence-electron chi connectivity index (χ0n) is 22.6. The van der Waals surface area contributed by atoms with E-state index in [0.29, 0.717) is 18.4 Å². The van der Waals surface area contributed by atoms with Gasteiger partial charge in [0.1, 0.15) is 12.9 Å². The van der Waals surface area contributed by atoms with Crippen LogP contribution in [0.25, 0.3) is 0 Å². The molecule has 1 fully saturated rings. The lowest BCUT2D eigenvalue weighted by atomic mass is 10.0. The molecule has 0 radical (unpaired) electrons. The molecule has 2 rings (SSSR count). The van der Waals surface area contributed by atoms with Gasteiger partial charge in [0.25, 0.3) is 0 Å². The average Bonchev–Trinajstić information content (AvgIpc) is 3.39. The van der Waals surface area contributed by atoms with Crippen molar-refractivity contribution in [1.29, 1.82) is 0 Å². The topological polar surface area (TPSA) is 54.0 Å². The van der Waals surface area contributed by atoms with Crippen LogP contribution in [0.4, 0.5) is 0 Å². The highest BCUT2D eigenvalue weighted by molar-refractivity contribution is 5.89. The van der Waals surface area contributed by atoms with Gasteiger partial charge in [0.15, 0.2) is 0 Å². The first-order valence-corrected chi connectivity index (χ1v) is 14.1. The molecule has 1 aliphatic heterocycles. The van der Waals surface area contributed by atoms with E-state index in [9.17, 15) is 4.79 Å². The maximum atomic E-state index is 12.7. The zero-order chi connectivity index (χ0) is 25.8. The first-order chi connectivity index (χ1) is 17.7. The van der Waals surface area contributed by atoms with Crippen molar-refractivity contribution in [3.05, 3.63) is 35.9 Å². The quantitative estimate of drug-likeness (QED) is 0.0804. The summed E-state index contributed by atoms with van der Waals surface area (Å²) in [6.07, 6.45) is 21.8. The second kappa shape index (κ2) is 19.3. The fraction of sp³-hybridized carbons (Fsp3) is 0.710. The van der Waals surface area contributed by atoms with Gasteiger partial charge in [-0.2, -0.15) is 0 Å². The third-order valence-electron chi connectivity index (χ3n) is 7.00. The molecular weight excluding hydrogens is 452 g/mol. The average molecular weight is 501 g/mol. The Kier molecular flexibility index (Phi) is 16.2. The van der Waals surface area contributed by atoms with Gasteiger partial charge in [-0.1, -0.05) is 89.3 Å². The standard InChI is InChI=1S/C31H48O5/c1-4-6-8-9-10-11-12-13-14-18-22-27(34-25-33-3)29-23-24-30(35-29)28(21-7-5-2)36-31(32)26-19-16-15-17-20-26/h2,15-17,19-20,27-30H,4,6-14,18,21-25H2,1,3H3/t27-,28+,29-,30+/m1/s1. The van der Waals surface area contributed by atoms with E-state index in [0.717, 1.165) is 25.7 Å². The summed E-state index contributed by atoms with van der Waals surface area (Å²) in [7, 11) is 1.65. The van der Waals surface area contributed by atoms with E-state index in [1.165, 1.54) is 57.8 Å². The number of rotatable bonds is 20. The van der Waals surface area contributed by atoms with Crippen LogP contribution < -0.4 is 0 Å². The Labute approximate surface area is 219 Å². The fourth-order valence-electron chi connectivity index (χ4n) is 4.93. The highest BCUT2D eigenvalue weighted by Crippen LogP contribution is 2.31. The van der Waals surface area contributed by atoms with E-state index in [-0.39, 0.29) is 37.2 Å². The summed E-state index contributed by atoms with van der Waals surface area (Å²) < 4.78 is 23.5. The van der Waals surface area contributed by atoms with Gasteiger partial charge in [0.05, 0.1) is 23.9 Å². The normalized spacial score (nSPS) is 19.0. The smallest absolute Gasteiger partial charge is 0.338 e. The van der Waals surface area contributed by atoms with E-state index in [1.54, 1.807) is 19.2 Å². The Morgan fingerprint density at radius 2 is 1.56 bits per heavy atom. The summed E-state index contributed by atoms with van der Waals surface area (Å²) in [6, 6.07) is 9.08. The van der Waals surface area contributed by atoms with Crippen LogP contribution in [-0.2, 0) is 18.9 Å². The Balaban J connectivity index is 1.79. The molecule has 1 aromatic carbocycles. The predicted molar refractivity (Wildman–Crippen MR) is 145 cm³/mol. The molecule has 0 saturated carbocycles. The minimum Gasteiger partial charge on any atom is -0.456 e. The van der Waals surface area contributed by atoms with Crippen LogP contribution >= 0.6 is 0 Å². The molecule has 0 spiro atoms. The summed E-state index contributed by atoms with van der Waals surface area (Å²) in [5, 5.41) is 0. The third-order valence-corrected chi connectivity index (χ3v) is 7.00. The van der Waals surface area contributed by atoms with Crippen molar-refractivity contribution >= 4 is 5.97 Å². The monoisotopic (exact) mass is 500 g/mol. The maximum absolute atomic E-state index is 12.7. The van der Waals surface area contributed by atoms with Gasteiger partial charge in [0.2, 0.25) is 0 Å². The summed E-state index contributed by atoms with van der Waals surface area (Å²) in [4.78, 5) is 12.7. The van der Waals surface area contributed by atoms with Gasteiger partial charge in [-0.05, 0) is 37.8 Å². The van der Waals surface area contributed by atoms with E-state index in [2.05, 4.69) is 12.8 Å². The number of methoxy groups -OCH3 is 1. The molecule has 0 amide bonds. The molecule has 0 unspecified atom stereocenters. The number of hydrogen-bond donors (Lipinski definition) is 0. The van der Waals surface area contributed by atoms with Gasteiger partial charge < -0.3 is 18.9 Å². The second-order valence-corrected chi connectivity index (χ2v) is 9.93. The summed E-state index contributed by atoms with van der Waals surface area (Å²) in [6.45, 7) is 2.52. The molecule has 0 bridgehead atoms. The number of unbranched alkanes of at least 4 members (excludes halogenated alkanes) is 9. The van der Waals surface area contributed by atoms with E-state index in [4.69, 9.17) is 25.4 Å². The summed E-state index contributed by atoms with van der Waals surface area (Å²) >= 11 is 0. The van der Waals surface area contributed by atoms with Crippen molar-refractivity contribution in [2.75, 3.05) is 13.9 Å². The summed E-state index contributed by atoms with van der Waals surface area (Å²) in [5.41, 5.74) is 0.542. The van der Waals surface area contributed by atoms with Gasteiger partial charge >= 0.3 is 5.97 Å². The lowest BCUT2D eigenvalue weighted by Gasteiger charge is -2.27. The highest BCUT2D eigenvalue weighted by atomic mass is 16.7. The van der Waals surface area contributed by atoms with Gasteiger partial charge in [0, 0.05) is 13.5 Å². The zero-order valence-corrected chi connectivity index (χ0v) is 22.6. The molecule has 202 valence electrons. The Hall–Kier alpha value is -1.87. The molecule has 4 atom stereocenters. The van der Waals surface area contributed by atoms with Crippen LogP contribution in [0.2, 0.25) is 0 Å². The molecule has 0 N–H and O–H groups in total. The van der Waals surface area contributed by atoms with E-state index >= 15 is 0 Å². The number of esters is 1. The highest BCUT2D eigenvalue weighted by Gasteiger charge is 2.37. The number of ether oxygens (including phenoxy) is 4. The van der Waals surface area contributed by atoms with Crippen LogP contribution in [0.1, 0.15) is 114 Å². The minimum absolute atomic E-state index is 0.0119. The van der Waals surface area contributed by atoms with Crippen molar-refractivity contribution in [2.24, 2.45) is 0 Å². The Bertz CT molecular complexity index is 728. The molecule has 1 aromatic rings. The van der Waals surface area contributed by atoms with Crippen molar-refractivity contribution in [1.82, 2.24) is 0 Å². The first-order valence-electron chi connectivity index (χ1n) is 14.1. The van der Waals surface area contributed by atoms with Crippen LogP contribution in [0, 0.1) is 12.3 Å². The molecule has 5 heteroatoms. The van der Waals surface area contributed by atoms with Gasteiger partial charge in [-0.25, -0.2) is 4.79 Å². The van der Waals surface area contributed by atoms with Gasteiger partial charge in [-0.15, -0.1) is 12.3 Å². The molecule has 0 aliphatic carbocycles. The molecule has 5 nitrogen and oxygen atoms in total. The van der Waals surface area contributed by atoms with Crippen LogP contribution in [0.3, 0.4) is 0 Å². The molecule has 1 saturated heterocycles. The Morgan fingerprint density at radius 1 is 0.944 bits per heavy atom. The molecular formula is C31H48O5. The van der Waals surface area contributed by atoms with Crippen molar-refractivity contribution < 1.29 is 23.7 Å². The van der Waals surface area contributed by atoms with Crippen LogP contribution in [0.5, 0.6) is 0 Å². The SMILES string of the molecule is C#CCC[C@H](OC(=O)c1ccccc1)[C@@H]1CC[C@H]([C@@H](CCCCCCCCCCCC)OCOC)O1. The van der Waals surface area contributed by atoms with Crippen molar-refractivity contribution in [3.63, 3.8) is 0 Å². The van der Waals surface area contributed by atoms with Crippen LogP contribution in [-0.4, -0.2) is 44.3 Å². The Morgan fingerprint density at radius 3 is 2.17 bits per heavy atom. The minimum atomic E-state index is -0.362. The fourth-order valence-corrected chi connectivity index (χ4v) is 4.93. The third kappa shape index (κ3) is 11.9. The lowest BCUT2D eigenvalue weighted by molar-refractivity contribution is -0.139. The number of carbonyl (C=O) groups excluding carboxylic acids is 1. The van der Waals surface area contributed by atoms with Crippen LogP contribution in [0.15, 0.2) is 30.3 Å². The van der Waals surface area contributed by atoms with Crippen molar-refractivity contribution in [3.8, 4) is 12.3 Å². The van der Waals surface area contributed by atoms with Gasteiger partial charge in [-0.3, -0.25) is 0 Å². The molecule has 1 aliphatic rings. The lowest BCUT2D eigenvalue weighted by Crippen LogP contribution is -2.35. The largest absolute Gasteiger partial charge is 0.456 e. The number of carbonyl (C=O) groups is 1. The first kappa shape index (κ1) is 30.4. The van der Waals surface area contributed by atoms with E-state index < -0.39 is 0 Å². The number of benzene rings is 1. The molecule has 36 heavy (non-hydrogen) atoms. The summed E-state index contributed by atoms with van der Waals surface area (Å²) in [5.74, 6) is 2.34. The van der Waals surface area contributed by atoms with E-state index in [1.807, 2.05) is 18.2 Å². The molecule has 1 heterocycles. The predicted octanol–water partition coefficient (Wildman–Crippen LogP) is 7.47. The molecule has 0 aromatic heterocycles.